The Morgan fingerprint density at radius 1 is 0.698 bits per heavy atom. The van der Waals surface area contributed by atoms with Crippen LogP contribution in [0.15, 0.2) is 109 Å². The molecule has 0 bridgehead atoms. The van der Waals surface area contributed by atoms with E-state index in [1.165, 1.54) is 24.3 Å². The summed E-state index contributed by atoms with van der Waals surface area (Å²) in [6.07, 6.45) is 31.6. The normalized spacial score (nSPS) is 12.2. The first-order chi connectivity index (χ1) is 21.0. The fourth-order valence-electron chi connectivity index (χ4n) is 3.89. The number of hydrogen-bond acceptors (Lipinski definition) is 4. The van der Waals surface area contributed by atoms with Crippen LogP contribution in [0.2, 0.25) is 0 Å². The lowest BCUT2D eigenvalue weighted by molar-refractivity contribution is -0.134. The topological polar surface area (TPSA) is 52.6 Å². The Morgan fingerprint density at radius 2 is 1.26 bits per heavy atom. The van der Waals surface area contributed by atoms with Crippen LogP contribution in [0.5, 0.6) is 5.75 Å². The molecule has 2 rings (SSSR count). The molecule has 0 aliphatic heterocycles. The number of carbonyl (C=O) groups excluding carboxylic acids is 2. The van der Waals surface area contributed by atoms with Crippen molar-refractivity contribution in [3.8, 4) is 16.9 Å². The summed E-state index contributed by atoms with van der Waals surface area (Å²) >= 11 is 0. The first kappa shape index (κ1) is 34.9. The van der Waals surface area contributed by atoms with Gasteiger partial charge in [0.1, 0.15) is 22.9 Å². The van der Waals surface area contributed by atoms with Gasteiger partial charge < -0.3 is 9.47 Å². The zero-order valence-corrected chi connectivity index (χ0v) is 25.1. The van der Waals surface area contributed by atoms with Crippen molar-refractivity contribution in [2.24, 2.45) is 0 Å². The van der Waals surface area contributed by atoms with E-state index in [2.05, 4.69) is 67.7 Å². The molecule has 0 aliphatic rings. The maximum atomic E-state index is 14.3. The van der Waals surface area contributed by atoms with Crippen LogP contribution in [0.25, 0.3) is 11.1 Å². The molecule has 0 spiro atoms. The Hall–Kier alpha value is -4.32. The molecule has 2 aromatic rings. The molecular formula is C37H42F2O4. The Balaban J connectivity index is 1.74. The second-order valence-corrected chi connectivity index (χ2v) is 9.48. The van der Waals surface area contributed by atoms with Crippen LogP contribution in [0.3, 0.4) is 0 Å². The zero-order valence-electron chi connectivity index (χ0n) is 25.1. The molecule has 0 saturated carbocycles. The Kier molecular flexibility index (Phi) is 17.4. The van der Waals surface area contributed by atoms with Crippen molar-refractivity contribution < 1.29 is 27.8 Å². The molecule has 0 heterocycles. The SMILES string of the molecule is CC/C=C\C/C=C\C/C=C\C/C=C\C/C=C\C/C=C\CCC(=O)Oc1ccc(-c2ccc(F)cc2F)cc1C(=O)OCC. The van der Waals surface area contributed by atoms with E-state index in [1.54, 1.807) is 6.92 Å². The molecule has 6 heteroatoms. The summed E-state index contributed by atoms with van der Waals surface area (Å²) in [5, 5.41) is 0. The van der Waals surface area contributed by atoms with Crippen LogP contribution in [-0.4, -0.2) is 18.5 Å². The second kappa shape index (κ2) is 21.4. The Morgan fingerprint density at radius 3 is 1.79 bits per heavy atom. The number of halogens is 2. The second-order valence-electron chi connectivity index (χ2n) is 9.48. The predicted molar refractivity (Wildman–Crippen MR) is 171 cm³/mol. The van der Waals surface area contributed by atoms with Crippen LogP contribution in [0.4, 0.5) is 8.78 Å². The third-order valence-electron chi connectivity index (χ3n) is 6.05. The summed E-state index contributed by atoms with van der Waals surface area (Å²) in [5.41, 5.74) is 0.436. The molecule has 0 fully saturated rings. The summed E-state index contributed by atoms with van der Waals surface area (Å²) in [5.74, 6) is -2.66. The highest BCUT2D eigenvalue weighted by molar-refractivity contribution is 5.95. The minimum Gasteiger partial charge on any atom is -0.462 e. The monoisotopic (exact) mass is 588 g/mol. The minimum atomic E-state index is -0.768. The van der Waals surface area contributed by atoms with E-state index in [-0.39, 0.29) is 29.9 Å². The van der Waals surface area contributed by atoms with Gasteiger partial charge in [-0.05, 0) is 81.7 Å². The molecule has 0 atom stereocenters. The molecule has 0 unspecified atom stereocenters. The highest BCUT2D eigenvalue weighted by atomic mass is 19.1. The molecule has 2 aromatic carbocycles. The maximum Gasteiger partial charge on any atom is 0.341 e. The smallest absolute Gasteiger partial charge is 0.341 e. The van der Waals surface area contributed by atoms with Gasteiger partial charge in [0.15, 0.2) is 0 Å². The van der Waals surface area contributed by atoms with Gasteiger partial charge in [0, 0.05) is 18.1 Å². The van der Waals surface area contributed by atoms with Crippen molar-refractivity contribution >= 4 is 11.9 Å². The number of benzene rings is 2. The van der Waals surface area contributed by atoms with Gasteiger partial charge in [-0.1, -0.05) is 85.9 Å². The van der Waals surface area contributed by atoms with Crippen molar-refractivity contribution in [1.82, 2.24) is 0 Å². The molecule has 0 saturated heterocycles. The van der Waals surface area contributed by atoms with Gasteiger partial charge >= 0.3 is 11.9 Å². The van der Waals surface area contributed by atoms with Crippen LogP contribution < -0.4 is 4.74 Å². The van der Waals surface area contributed by atoms with Gasteiger partial charge in [0.25, 0.3) is 0 Å². The Bertz CT molecular complexity index is 1330. The lowest BCUT2D eigenvalue weighted by atomic mass is 10.0. The van der Waals surface area contributed by atoms with Crippen LogP contribution in [0.1, 0.15) is 75.6 Å². The molecule has 43 heavy (non-hydrogen) atoms. The third-order valence-corrected chi connectivity index (χ3v) is 6.05. The maximum absolute atomic E-state index is 14.3. The quantitative estimate of drug-likeness (QED) is 0.0988. The number of hydrogen-bond donors (Lipinski definition) is 0. The van der Waals surface area contributed by atoms with Gasteiger partial charge in [-0.25, -0.2) is 13.6 Å². The summed E-state index contributed by atoms with van der Waals surface area (Å²) in [7, 11) is 0. The van der Waals surface area contributed by atoms with Crippen LogP contribution in [0, 0.1) is 11.6 Å². The third kappa shape index (κ3) is 14.4. The summed E-state index contributed by atoms with van der Waals surface area (Å²) in [6.45, 7) is 3.90. The first-order valence-electron chi connectivity index (χ1n) is 14.8. The van der Waals surface area contributed by atoms with Crippen molar-refractivity contribution in [2.75, 3.05) is 6.61 Å². The lowest BCUT2D eigenvalue weighted by Gasteiger charge is -2.12. The number of esters is 2. The lowest BCUT2D eigenvalue weighted by Crippen LogP contribution is -2.12. The van der Waals surface area contributed by atoms with E-state index < -0.39 is 23.6 Å². The largest absolute Gasteiger partial charge is 0.462 e. The predicted octanol–water partition coefficient (Wildman–Crippen LogP) is 10.2. The van der Waals surface area contributed by atoms with E-state index in [9.17, 15) is 18.4 Å². The average molecular weight is 589 g/mol. The standard InChI is InChI=1S/C37H42F2O4/c1-3-5-6-7-8-9-10-11-12-13-14-15-16-17-18-19-20-21-22-23-36(40)43-35-27-24-30(28-33(35)37(41)42-4-2)32-26-25-31(38)29-34(32)39/h5-6,8-9,11-12,14-15,17-18,20-21,24-29H,3-4,7,10,13,16,19,22-23H2,1-2H3/b6-5-,9-8-,12-11-,15-14-,18-17-,21-20-. The molecule has 0 N–H and O–H groups in total. The van der Waals surface area contributed by atoms with Crippen LogP contribution >= 0.6 is 0 Å². The molecular weight excluding hydrogens is 546 g/mol. The number of ether oxygens (including phenoxy) is 2. The first-order valence-corrected chi connectivity index (χ1v) is 14.8. The average Bonchev–Trinajstić information content (AvgIpc) is 2.99. The molecule has 228 valence electrons. The highest BCUT2D eigenvalue weighted by Gasteiger charge is 2.19. The van der Waals surface area contributed by atoms with Gasteiger partial charge in [-0.3, -0.25) is 4.79 Å². The number of carbonyl (C=O) groups is 2. The summed E-state index contributed by atoms with van der Waals surface area (Å²) in [4.78, 5) is 24.9. The minimum absolute atomic E-state index is 0.00893. The van der Waals surface area contributed by atoms with Gasteiger partial charge in [0.05, 0.1) is 6.61 Å². The van der Waals surface area contributed by atoms with Gasteiger partial charge in [0.2, 0.25) is 0 Å². The van der Waals surface area contributed by atoms with Crippen LogP contribution in [-0.2, 0) is 9.53 Å². The highest BCUT2D eigenvalue weighted by Crippen LogP contribution is 2.30. The zero-order chi connectivity index (χ0) is 31.1. The van der Waals surface area contributed by atoms with Crippen molar-refractivity contribution in [1.29, 1.82) is 0 Å². The molecule has 4 nitrogen and oxygen atoms in total. The van der Waals surface area contributed by atoms with Gasteiger partial charge in [-0.2, -0.15) is 0 Å². The van der Waals surface area contributed by atoms with E-state index in [0.717, 1.165) is 50.7 Å². The number of allylic oxidation sites excluding steroid dienone is 12. The van der Waals surface area contributed by atoms with E-state index in [4.69, 9.17) is 9.47 Å². The summed E-state index contributed by atoms with van der Waals surface area (Å²) < 4.78 is 38.1. The van der Waals surface area contributed by atoms with Crippen molar-refractivity contribution in [2.45, 2.75) is 65.2 Å². The fourth-order valence-corrected chi connectivity index (χ4v) is 3.89. The van der Waals surface area contributed by atoms with Gasteiger partial charge in [-0.15, -0.1) is 0 Å². The van der Waals surface area contributed by atoms with E-state index in [0.29, 0.717) is 12.0 Å². The van der Waals surface area contributed by atoms with Crippen molar-refractivity contribution in [3.63, 3.8) is 0 Å². The number of rotatable bonds is 18. The van der Waals surface area contributed by atoms with Crippen molar-refractivity contribution in [3.05, 3.63) is 127 Å². The van der Waals surface area contributed by atoms with E-state index >= 15 is 0 Å². The van der Waals surface area contributed by atoms with E-state index in [1.807, 2.05) is 12.2 Å². The fraction of sp³-hybridized carbons (Fsp3) is 0.297. The molecule has 0 aromatic heterocycles. The molecule has 0 amide bonds. The molecule has 0 aliphatic carbocycles. The summed E-state index contributed by atoms with van der Waals surface area (Å²) in [6, 6.07) is 7.48. The Labute approximate surface area is 254 Å². The molecule has 0 radical (unpaired) electrons.